The van der Waals surface area contributed by atoms with E-state index >= 15 is 0 Å². The van der Waals surface area contributed by atoms with Crippen molar-refractivity contribution < 1.29 is 13.9 Å². The van der Waals surface area contributed by atoms with E-state index in [1.807, 2.05) is 0 Å². The highest BCUT2D eigenvalue weighted by molar-refractivity contribution is 5.49. The zero-order valence-electron chi connectivity index (χ0n) is 12.3. The predicted octanol–water partition coefficient (Wildman–Crippen LogP) is 2.67. The van der Waals surface area contributed by atoms with Crippen molar-refractivity contribution in [2.24, 2.45) is 0 Å². The van der Waals surface area contributed by atoms with Crippen molar-refractivity contribution in [2.45, 2.75) is 50.7 Å². The van der Waals surface area contributed by atoms with Crippen LogP contribution in [0.4, 0.5) is 20.4 Å². The maximum Gasteiger partial charge on any atom is 0.248 e. The fourth-order valence-corrected chi connectivity index (χ4v) is 2.45. The van der Waals surface area contributed by atoms with Crippen LogP contribution < -0.4 is 16.2 Å². The second-order valence-corrected chi connectivity index (χ2v) is 5.50. The Labute approximate surface area is 123 Å². The molecule has 1 unspecified atom stereocenters. The molecule has 21 heavy (non-hydrogen) atoms. The Bertz CT molecular complexity index is 472. The largest absolute Gasteiger partial charge is 0.389 e. The molecule has 0 aromatic carbocycles. The van der Waals surface area contributed by atoms with Gasteiger partial charge in [-0.2, -0.15) is 0 Å². The third-order valence-electron chi connectivity index (χ3n) is 3.65. The van der Waals surface area contributed by atoms with Gasteiger partial charge in [0.1, 0.15) is 11.6 Å². The van der Waals surface area contributed by atoms with Gasteiger partial charge in [-0.25, -0.2) is 19.2 Å². The topological polar surface area (TPSA) is 69.2 Å². The number of pyridine rings is 1. The van der Waals surface area contributed by atoms with Crippen LogP contribution in [0.3, 0.4) is 0 Å². The first-order valence-corrected chi connectivity index (χ1v) is 7.17. The van der Waals surface area contributed by atoms with Crippen molar-refractivity contribution in [1.82, 2.24) is 10.4 Å². The average molecular weight is 300 g/mol. The van der Waals surface area contributed by atoms with Crippen LogP contribution in [-0.4, -0.2) is 29.1 Å². The number of halogens is 2. The lowest BCUT2D eigenvalue weighted by molar-refractivity contribution is -0.0361. The number of aromatic nitrogens is 1. The third kappa shape index (κ3) is 4.50. The number of anilines is 2. The Hall–Kier alpha value is -1.47. The standard InChI is InChI=1S/C14H22F2N4O/c1-9(21)10-7-12(19-13(8-10)20-17-2)18-11-3-5-14(15,16)6-4-11/h7-9,11,17,21H,3-6H2,1-2H3,(H2,18,19,20). The summed E-state index contributed by atoms with van der Waals surface area (Å²) in [5.74, 6) is -1.38. The van der Waals surface area contributed by atoms with Crippen molar-refractivity contribution in [3.63, 3.8) is 0 Å². The van der Waals surface area contributed by atoms with Gasteiger partial charge in [0, 0.05) is 25.9 Å². The quantitative estimate of drug-likeness (QED) is 0.630. The predicted molar refractivity (Wildman–Crippen MR) is 78.4 cm³/mol. The minimum atomic E-state index is -2.54. The van der Waals surface area contributed by atoms with Gasteiger partial charge in [-0.1, -0.05) is 0 Å². The number of hydrogen-bond donors (Lipinski definition) is 4. The summed E-state index contributed by atoms with van der Waals surface area (Å²) in [7, 11) is 1.72. The number of hydrogen-bond acceptors (Lipinski definition) is 5. The number of nitrogens with zero attached hydrogens (tertiary/aromatic N) is 1. The Kier molecular flexibility index (Phi) is 4.95. The molecule has 4 N–H and O–H groups in total. The molecule has 0 radical (unpaired) electrons. The van der Waals surface area contributed by atoms with E-state index in [0.29, 0.717) is 30.0 Å². The molecule has 5 nitrogen and oxygen atoms in total. The van der Waals surface area contributed by atoms with Gasteiger partial charge in [0.25, 0.3) is 0 Å². The van der Waals surface area contributed by atoms with Crippen LogP contribution >= 0.6 is 0 Å². The van der Waals surface area contributed by atoms with Gasteiger partial charge in [0.2, 0.25) is 5.92 Å². The minimum absolute atomic E-state index is 0.0104. The Morgan fingerprint density at radius 1 is 1.29 bits per heavy atom. The van der Waals surface area contributed by atoms with Crippen molar-refractivity contribution in [2.75, 3.05) is 17.8 Å². The van der Waals surface area contributed by atoms with E-state index < -0.39 is 12.0 Å². The third-order valence-corrected chi connectivity index (χ3v) is 3.65. The van der Waals surface area contributed by atoms with Crippen LogP contribution in [0.1, 0.15) is 44.3 Å². The Balaban J connectivity index is 2.08. The number of alkyl halides is 2. The van der Waals surface area contributed by atoms with Crippen molar-refractivity contribution in [3.8, 4) is 0 Å². The summed E-state index contributed by atoms with van der Waals surface area (Å²) in [6.45, 7) is 1.67. The molecular formula is C14H22F2N4O. The molecule has 0 amide bonds. The number of aliphatic hydroxyl groups is 1. The number of hydrazine groups is 1. The number of rotatable bonds is 5. The maximum absolute atomic E-state index is 13.2. The van der Waals surface area contributed by atoms with Gasteiger partial charge < -0.3 is 15.8 Å². The van der Waals surface area contributed by atoms with E-state index in [1.54, 1.807) is 26.1 Å². The van der Waals surface area contributed by atoms with Crippen LogP contribution in [0.15, 0.2) is 12.1 Å². The van der Waals surface area contributed by atoms with Gasteiger partial charge in [0.15, 0.2) is 0 Å². The Morgan fingerprint density at radius 3 is 2.48 bits per heavy atom. The van der Waals surface area contributed by atoms with E-state index in [1.165, 1.54) is 0 Å². The molecule has 2 rings (SSSR count). The molecular weight excluding hydrogens is 278 g/mol. The van der Waals surface area contributed by atoms with Crippen LogP contribution in [0.2, 0.25) is 0 Å². The summed E-state index contributed by atoms with van der Waals surface area (Å²) in [6.07, 6.45) is 0.0249. The van der Waals surface area contributed by atoms with E-state index in [0.717, 1.165) is 0 Å². The van der Waals surface area contributed by atoms with E-state index in [4.69, 9.17) is 0 Å². The monoisotopic (exact) mass is 300 g/mol. The van der Waals surface area contributed by atoms with Crippen molar-refractivity contribution in [3.05, 3.63) is 17.7 Å². The fourth-order valence-electron chi connectivity index (χ4n) is 2.45. The molecule has 1 aliphatic rings. The molecule has 0 bridgehead atoms. The fraction of sp³-hybridized carbons (Fsp3) is 0.643. The normalized spacial score (nSPS) is 20.0. The van der Waals surface area contributed by atoms with Gasteiger partial charge >= 0.3 is 0 Å². The highest BCUT2D eigenvalue weighted by Gasteiger charge is 2.34. The van der Waals surface area contributed by atoms with Gasteiger partial charge in [-0.15, -0.1) is 0 Å². The highest BCUT2D eigenvalue weighted by Crippen LogP contribution is 2.34. The second-order valence-electron chi connectivity index (χ2n) is 5.50. The lowest BCUT2D eigenvalue weighted by Crippen LogP contribution is -2.32. The van der Waals surface area contributed by atoms with Crippen molar-refractivity contribution in [1.29, 1.82) is 0 Å². The molecule has 0 saturated heterocycles. The summed E-state index contributed by atoms with van der Waals surface area (Å²) in [5, 5.41) is 12.9. The van der Waals surface area contributed by atoms with Crippen LogP contribution in [0, 0.1) is 0 Å². The Morgan fingerprint density at radius 2 is 1.90 bits per heavy atom. The lowest BCUT2D eigenvalue weighted by atomic mass is 9.92. The number of aliphatic hydroxyl groups excluding tert-OH is 1. The van der Waals surface area contributed by atoms with E-state index in [9.17, 15) is 13.9 Å². The van der Waals surface area contributed by atoms with E-state index in [2.05, 4.69) is 21.2 Å². The smallest absolute Gasteiger partial charge is 0.248 e. The first-order chi connectivity index (χ1) is 9.89. The molecule has 1 aromatic heterocycles. The lowest BCUT2D eigenvalue weighted by Gasteiger charge is -2.29. The summed E-state index contributed by atoms with van der Waals surface area (Å²) < 4.78 is 26.3. The minimum Gasteiger partial charge on any atom is -0.389 e. The SMILES string of the molecule is CNNc1cc(C(C)O)cc(NC2CCC(F)(F)CC2)n1. The zero-order chi connectivity index (χ0) is 15.5. The van der Waals surface area contributed by atoms with Crippen molar-refractivity contribution >= 4 is 11.6 Å². The summed E-state index contributed by atoms with van der Waals surface area (Å²) in [4.78, 5) is 4.35. The maximum atomic E-state index is 13.2. The van der Waals surface area contributed by atoms with Crippen LogP contribution in [0.5, 0.6) is 0 Å². The second kappa shape index (κ2) is 6.53. The van der Waals surface area contributed by atoms with Gasteiger partial charge in [-0.3, -0.25) is 0 Å². The number of nitrogens with one attached hydrogen (secondary N) is 3. The molecule has 118 valence electrons. The molecule has 1 saturated carbocycles. The van der Waals surface area contributed by atoms with E-state index in [-0.39, 0.29) is 18.9 Å². The summed E-state index contributed by atoms with van der Waals surface area (Å²) in [5.41, 5.74) is 6.35. The first-order valence-electron chi connectivity index (χ1n) is 7.17. The molecule has 0 aliphatic heterocycles. The molecule has 0 spiro atoms. The molecule has 1 aromatic rings. The molecule has 1 fully saturated rings. The van der Waals surface area contributed by atoms with Crippen LogP contribution in [-0.2, 0) is 0 Å². The summed E-state index contributed by atoms with van der Waals surface area (Å²) in [6, 6.07) is 3.48. The molecule has 1 aliphatic carbocycles. The molecule has 1 atom stereocenters. The summed E-state index contributed by atoms with van der Waals surface area (Å²) >= 11 is 0. The highest BCUT2D eigenvalue weighted by atomic mass is 19.3. The van der Waals surface area contributed by atoms with Gasteiger partial charge in [0.05, 0.1) is 6.10 Å². The van der Waals surface area contributed by atoms with Crippen LogP contribution in [0.25, 0.3) is 0 Å². The molecule has 1 heterocycles. The first kappa shape index (κ1) is 15.9. The zero-order valence-corrected chi connectivity index (χ0v) is 12.3. The van der Waals surface area contributed by atoms with Gasteiger partial charge in [-0.05, 0) is 37.5 Å². The average Bonchev–Trinajstić information content (AvgIpc) is 2.41. The molecule has 7 heteroatoms.